The van der Waals surface area contributed by atoms with Crippen LogP contribution in [0.2, 0.25) is 0 Å². The molecule has 0 heterocycles. The Morgan fingerprint density at radius 2 is 2.30 bits per heavy atom. The largest absolute Gasteiger partial charge is 0.353 e. The van der Waals surface area contributed by atoms with Crippen LogP contribution in [0.5, 0.6) is 0 Å². The van der Waals surface area contributed by atoms with Crippen molar-refractivity contribution >= 4 is 35.5 Å². The molecule has 1 amide bonds. The zero-order valence-corrected chi connectivity index (χ0v) is 8.81. The van der Waals surface area contributed by atoms with E-state index in [1.54, 1.807) is 0 Å². The molecule has 10 heavy (non-hydrogen) atoms. The van der Waals surface area contributed by atoms with Crippen molar-refractivity contribution < 1.29 is 4.79 Å². The molecule has 0 unspecified atom stereocenters. The molecular weight excluding hydrogens is 137 g/mol. The summed E-state index contributed by atoms with van der Waals surface area (Å²) in [7, 11) is 0. The quantitative estimate of drug-likeness (QED) is 0.357. The molecule has 0 atom stereocenters. The van der Waals surface area contributed by atoms with Crippen molar-refractivity contribution in [2.45, 2.75) is 19.8 Å². The minimum absolute atomic E-state index is 0. The average molecular weight is 150 g/mol. The normalized spacial score (nSPS) is 7.70. The summed E-state index contributed by atoms with van der Waals surface area (Å²) in [5, 5.41) is 2.68. The van der Waals surface area contributed by atoms with Crippen LogP contribution in [0.3, 0.4) is 0 Å². The number of amides is 1. The van der Waals surface area contributed by atoms with E-state index in [2.05, 4.69) is 18.8 Å². The van der Waals surface area contributed by atoms with Crippen molar-refractivity contribution in [3.63, 3.8) is 0 Å². The summed E-state index contributed by atoms with van der Waals surface area (Å²) in [5.41, 5.74) is 0. The maximum Gasteiger partial charge on any atom is 0.243 e. The second-order valence-corrected chi connectivity index (χ2v) is 1.85. The number of hydrogen-bond acceptors (Lipinski definition) is 1. The van der Waals surface area contributed by atoms with Crippen LogP contribution in [0.1, 0.15) is 19.8 Å². The van der Waals surface area contributed by atoms with Crippen LogP contribution in [0.25, 0.3) is 0 Å². The molecule has 1 radical (unpaired) electrons. The third-order valence-electron chi connectivity index (χ3n) is 1.01. The van der Waals surface area contributed by atoms with Crippen LogP contribution >= 0.6 is 0 Å². The predicted octanol–water partition coefficient (Wildman–Crippen LogP) is 0.708. The van der Waals surface area contributed by atoms with Gasteiger partial charge in [0.25, 0.3) is 0 Å². The fraction of sp³-hybridized carbons (Fsp3) is 0.571. The summed E-state index contributed by atoms with van der Waals surface area (Å²) in [4.78, 5) is 10.5. The third kappa shape index (κ3) is 8.21. The van der Waals surface area contributed by atoms with Crippen molar-refractivity contribution in [1.82, 2.24) is 5.32 Å². The van der Waals surface area contributed by atoms with Crippen molar-refractivity contribution in [1.29, 1.82) is 0 Å². The zero-order chi connectivity index (χ0) is 7.11. The van der Waals surface area contributed by atoms with Gasteiger partial charge in [0, 0.05) is 36.1 Å². The number of carbonyl (C=O) groups is 1. The van der Waals surface area contributed by atoms with Crippen molar-refractivity contribution in [2.75, 3.05) is 6.54 Å². The van der Waals surface area contributed by atoms with Crippen LogP contribution in [-0.2, 0) is 4.79 Å². The van der Waals surface area contributed by atoms with Crippen molar-refractivity contribution in [3.8, 4) is 0 Å². The van der Waals surface area contributed by atoms with Crippen LogP contribution in [0, 0.1) is 0 Å². The van der Waals surface area contributed by atoms with Gasteiger partial charge < -0.3 is 5.32 Å². The molecule has 0 aromatic rings. The monoisotopic (exact) mass is 150 g/mol. The Morgan fingerprint density at radius 3 is 2.70 bits per heavy atom. The molecule has 0 aliphatic carbocycles. The second kappa shape index (κ2) is 9.21. The molecule has 53 valence electrons. The number of carbonyl (C=O) groups excluding carboxylic acids is 1. The Morgan fingerprint density at radius 1 is 1.70 bits per heavy atom. The molecule has 0 rings (SSSR count). The summed E-state index contributed by atoms with van der Waals surface area (Å²) < 4.78 is 0. The number of rotatable bonds is 4. The maximum absolute atomic E-state index is 10.5. The van der Waals surface area contributed by atoms with E-state index in [1.165, 1.54) is 6.08 Å². The molecule has 0 saturated carbocycles. The van der Waals surface area contributed by atoms with Gasteiger partial charge >= 0.3 is 0 Å². The van der Waals surface area contributed by atoms with E-state index in [0.29, 0.717) is 0 Å². The van der Waals surface area contributed by atoms with E-state index in [0.717, 1.165) is 19.4 Å². The third-order valence-corrected chi connectivity index (χ3v) is 1.01. The fourth-order valence-corrected chi connectivity index (χ4v) is 0.461. The van der Waals surface area contributed by atoms with Gasteiger partial charge in [-0.25, -0.2) is 0 Å². The molecule has 0 fully saturated rings. The molecule has 0 aliphatic heterocycles. The summed E-state index contributed by atoms with van der Waals surface area (Å²) in [6.07, 6.45) is 3.44. The Hall–Kier alpha value is 0.210. The van der Waals surface area contributed by atoms with Gasteiger partial charge in [0.2, 0.25) is 5.91 Å². The molecule has 3 heteroatoms. The van der Waals surface area contributed by atoms with E-state index >= 15 is 0 Å². The molecule has 0 spiro atoms. The first-order chi connectivity index (χ1) is 4.31. The molecule has 0 aromatic carbocycles. The second-order valence-electron chi connectivity index (χ2n) is 1.85. The van der Waals surface area contributed by atoms with Crippen LogP contribution in [-0.4, -0.2) is 42.0 Å². The Bertz CT molecular complexity index is 104. The molecule has 2 nitrogen and oxygen atoms in total. The van der Waals surface area contributed by atoms with Gasteiger partial charge in [-0.2, -0.15) is 0 Å². The molecule has 0 bridgehead atoms. The van der Waals surface area contributed by atoms with E-state index in [-0.39, 0.29) is 35.5 Å². The fourth-order valence-electron chi connectivity index (χ4n) is 0.461. The van der Waals surface area contributed by atoms with E-state index in [9.17, 15) is 4.79 Å². The van der Waals surface area contributed by atoms with Gasteiger partial charge in [0.15, 0.2) is 0 Å². The summed E-state index contributed by atoms with van der Waals surface area (Å²) in [6, 6.07) is 0. The minimum Gasteiger partial charge on any atom is -0.353 e. The predicted molar refractivity (Wildman–Crippen MR) is 43.9 cm³/mol. The minimum atomic E-state index is -0.0801. The maximum atomic E-state index is 10.5. The van der Waals surface area contributed by atoms with Crippen LogP contribution < -0.4 is 5.32 Å². The summed E-state index contributed by atoms with van der Waals surface area (Å²) in [6.45, 7) is 6.18. The number of nitrogens with one attached hydrogen (secondary N) is 1. The standard InChI is InChI=1S/C7H13NO.Na/c1-3-5-6-8-7(9)4-2;/h4H,2-3,5-6H2,1H3,(H,8,9);. The number of unbranched alkanes of at least 4 members (excludes halogenated alkanes) is 1. The van der Waals surface area contributed by atoms with E-state index in [4.69, 9.17) is 0 Å². The van der Waals surface area contributed by atoms with Gasteiger partial charge in [-0.05, 0) is 12.5 Å². The first-order valence-corrected chi connectivity index (χ1v) is 3.21. The summed E-state index contributed by atoms with van der Waals surface area (Å²) >= 11 is 0. The number of hydrogen-bond donors (Lipinski definition) is 1. The Balaban J connectivity index is 0. The van der Waals surface area contributed by atoms with Gasteiger partial charge in [-0.15, -0.1) is 0 Å². The first kappa shape index (κ1) is 12.8. The zero-order valence-electron chi connectivity index (χ0n) is 6.81. The van der Waals surface area contributed by atoms with Crippen LogP contribution in [0.15, 0.2) is 12.7 Å². The smallest absolute Gasteiger partial charge is 0.243 e. The van der Waals surface area contributed by atoms with Gasteiger partial charge in [0.05, 0.1) is 0 Å². The van der Waals surface area contributed by atoms with Crippen LogP contribution in [0.4, 0.5) is 0 Å². The topological polar surface area (TPSA) is 29.1 Å². The first-order valence-electron chi connectivity index (χ1n) is 3.21. The SMILES string of the molecule is C=CC(=O)NCCCC.[Na]. The van der Waals surface area contributed by atoms with E-state index < -0.39 is 0 Å². The Labute approximate surface area is 84.4 Å². The van der Waals surface area contributed by atoms with E-state index in [1.807, 2.05) is 0 Å². The van der Waals surface area contributed by atoms with Gasteiger partial charge in [-0.3, -0.25) is 4.79 Å². The molecular formula is C7H13NNaO. The summed E-state index contributed by atoms with van der Waals surface area (Å²) in [5.74, 6) is -0.0801. The molecule has 1 N–H and O–H groups in total. The van der Waals surface area contributed by atoms with Crippen molar-refractivity contribution in [3.05, 3.63) is 12.7 Å². The van der Waals surface area contributed by atoms with Crippen molar-refractivity contribution in [2.24, 2.45) is 0 Å². The molecule has 0 saturated heterocycles. The Kier molecular flexibility index (Phi) is 11.8. The van der Waals surface area contributed by atoms with Gasteiger partial charge in [0.1, 0.15) is 0 Å². The van der Waals surface area contributed by atoms with Gasteiger partial charge in [-0.1, -0.05) is 19.9 Å². The molecule has 0 aliphatic rings. The average Bonchev–Trinajstić information content (AvgIpc) is 1.89. The molecule has 0 aromatic heterocycles.